The number of phosphoric acid groups is 3. The van der Waals surface area contributed by atoms with Gasteiger partial charge in [-0.05, 0) is 46.3 Å². The lowest BCUT2D eigenvalue weighted by Crippen LogP contribution is -2.31. The topological polar surface area (TPSA) is 417 Å². The van der Waals surface area contributed by atoms with Crippen molar-refractivity contribution in [1.29, 1.82) is 0 Å². The lowest BCUT2D eigenvalue weighted by molar-refractivity contribution is -0.0512. The number of phosphoric ester groups is 1. The van der Waals surface area contributed by atoms with Crippen molar-refractivity contribution in [3.05, 3.63) is 113 Å². The lowest BCUT2D eigenvalue weighted by atomic mass is 9.99. The number of esters is 2. The molecule has 1 fully saturated rings. The number of hydrogen-bond donors (Lipinski definition) is 5. The number of azide groups is 2. The molecule has 2 aromatic carbocycles. The average Bonchev–Trinajstić information content (AvgIpc) is 3.68. The first-order valence-corrected chi connectivity index (χ1v) is 25.5. The fourth-order valence-corrected chi connectivity index (χ4v) is 9.46. The Bertz CT molecular complexity index is 2570. The molecular weight excluding hydrogens is 995 g/mol. The third kappa shape index (κ3) is 18.6. The number of carbonyl (C=O) groups is 2. The van der Waals surface area contributed by atoms with Crippen LogP contribution in [0, 0.1) is 0 Å². The number of hydrogen-bond acceptors (Lipinski definition) is 20. The zero-order valence-electron chi connectivity index (χ0n) is 37.8. The second kappa shape index (κ2) is 27.5. The van der Waals surface area contributed by atoms with Gasteiger partial charge in [-0.3, -0.25) is 9.09 Å². The lowest BCUT2D eigenvalue weighted by Gasteiger charge is -2.22. The number of anilines is 1. The molecule has 7 atom stereocenters. The molecule has 70 heavy (non-hydrogen) atoms. The summed E-state index contributed by atoms with van der Waals surface area (Å²) in [6, 6.07) is 8.85. The minimum atomic E-state index is -5.93. The molecule has 0 spiro atoms. The van der Waals surface area contributed by atoms with Gasteiger partial charge in [0.15, 0.2) is 0 Å². The molecule has 0 saturated carbocycles. The predicted octanol–water partition coefficient (Wildman–Crippen LogP) is 5.76. The van der Waals surface area contributed by atoms with Crippen LogP contribution in [0.25, 0.3) is 20.9 Å². The second-order valence-electron chi connectivity index (χ2n) is 14.8. The van der Waals surface area contributed by atoms with Crippen LogP contribution in [0.4, 0.5) is 5.82 Å². The van der Waals surface area contributed by atoms with E-state index in [1.807, 2.05) is 6.92 Å². The van der Waals surface area contributed by atoms with Crippen molar-refractivity contribution in [3.63, 3.8) is 0 Å². The van der Waals surface area contributed by atoms with Crippen LogP contribution in [-0.4, -0.2) is 106 Å². The Morgan fingerprint density at radius 3 is 2.07 bits per heavy atom. The molecule has 2 heterocycles. The molecule has 384 valence electrons. The van der Waals surface area contributed by atoms with Crippen LogP contribution in [0.5, 0.6) is 0 Å². The van der Waals surface area contributed by atoms with E-state index < -0.39 is 91.3 Å². The maximum absolute atomic E-state index is 13.6. The number of rotatable bonds is 30. The first-order valence-electron chi connectivity index (χ1n) is 21.0. The Hall–Kier alpha value is -5.11. The van der Waals surface area contributed by atoms with Gasteiger partial charge >= 0.3 is 41.1 Å². The number of nitrogens with zero attached hydrogens (tertiary/aromatic N) is 8. The van der Waals surface area contributed by atoms with Crippen molar-refractivity contribution < 1.29 is 89.2 Å². The van der Waals surface area contributed by atoms with Gasteiger partial charge in [0.2, 0.25) is 0 Å². The normalized spacial score (nSPS) is 18.4. The molecule has 5 unspecified atom stereocenters. The van der Waals surface area contributed by atoms with E-state index in [1.165, 1.54) is 31.2 Å². The van der Waals surface area contributed by atoms with E-state index >= 15 is 0 Å². The smallest absolute Gasteiger partial charge is 0.457 e. The highest BCUT2D eigenvalue weighted by atomic mass is 31.3. The number of benzene rings is 2. The Labute approximate surface area is 398 Å². The van der Waals surface area contributed by atoms with Gasteiger partial charge in [0, 0.05) is 34.6 Å². The molecule has 1 aromatic heterocycles. The van der Waals surface area contributed by atoms with Gasteiger partial charge in [-0.1, -0.05) is 61.3 Å². The summed E-state index contributed by atoms with van der Waals surface area (Å²) in [5, 5.41) is 7.32. The van der Waals surface area contributed by atoms with E-state index in [2.05, 4.69) is 33.7 Å². The van der Waals surface area contributed by atoms with E-state index in [-0.39, 0.29) is 41.3 Å². The van der Waals surface area contributed by atoms with Crippen LogP contribution in [0.2, 0.25) is 0 Å². The van der Waals surface area contributed by atoms with Crippen LogP contribution in [0.1, 0.15) is 94.9 Å². The maximum Gasteiger partial charge on any atom is 0.490 e. The molecule has 0 amide bonds. The molecule has 29 nitrogen and oxygen atoms in total. The number of ether oxygens (including phenoxy) is 7. The first-order chi connectivity index (χ1) is 33.2. The van der Waals surface area contributed by atoms with Gasteiger partial charge in [-0.15, -0.1) is 0 Å². The molecule has 0 aliphatic carbocycles. The molecule has 4 rings (SSSR count). The Balaban J connectivity index is 1.49. The van der Waals surface area contributed by atoms with Gasteiger partial charge in [0.1, 0.15) is 30.9 Å². The first kappa shape index (κ1) is 57.5. The van der Waals surface area contributed by atoms with Crippen molar-refractivity contribution in [2.24, 2.45) is 10.2 Å². The molecule has 1 aliphatic rings. The maximum atomic E-state index is 13.6. The van der Waals surface area contributed by atoms with E-state index in [0.717, 1.165) is 17.2 Å². The van der Waals surface area contributed by atoms with Crippen LogP contribution >= 0.6 is 23.5 Å². The molecule has 6 N–H and O–H groups in total. The van der Waals surface area contributed by atoms with E-state index in [4.69, 9.17) is 64.3 Å². The van der Waals surface area contributed by atoms with Crippen molar-refractivity contribution in [2.75, 3.05) is 58.6 Å². The highest BCUT2D eigenvalue weighted by Crippen LogP contribution is 2.66. The van der Waals surface area contributed by atoms with E-state index in [9.17, 15) is 37.9 Å². The summed E-state index contributed by atoms with van der Waals surface area (Å²) in [4.78, 5) is 87.4. The fraction of sp³-hybridized carbons (Fsp3) is 0.526. The van der Waals surface area contributed by atoms with Gasteiger partial charge in [0.25, 0.3) is 0 Å². The monoisotopic (exact) mass is 1050 g/mol. The highest BCUT2D eigenvalue weighted by Gasteiger charge is 2.45. The van der Waals surface area contributed by atoms with Crippen LogP contribution in [0.15, 0.2) is 63.7 Å². The molecule has 0 bridgehead atoms. The SMILES string of the molecule is CCCOCCOCCOCCOCc1ccc(C(=O)OCc2cn([C@H]3CC(OC(=O)c4ccccc4C(C)N=[N+]=[N-])[C@@H](COP(=O)(O)OP(=O)(O)OP(=O)(O)O)O3)c(=O)nc2N)c(C(C)N=[N+]=[N-])c1. The highest BCUT2D eigenvalue weighted by molar-refractivity contribution is 7.66. The molecular formula is C38H52N9O20P3. The van der Waals surface area contributed by atoms with E-state index in [1.54, 1.807) is 25.1 Å². The molecule has 1 saturated heterocycles. The van der Waals surface area contributed by atoms with Crippen LogP contribution in [0.3, 0.4) is 0 Å². The summed E-state index contributed by atoms with van der Waals surface area (Å²) in [5.41, 5.74) is 24.3. The number of carbonyl (C=O) groups excluding carboxylic acids is 2. The van der Waals surface area contributed by atoms with Crippen molar-refractivity contribution in [3.8, 4) is 0 Å². The van der Waals surface area contributed by atoms with Gasteiger partial charge in [0.05, 0.1) is 76.1 Å². The van der Waals surface area contributed by atoms with Crippen LogP contribution < -0.4 is 11.4 Å². The summed E-state index contributed by atoms with van der Waals surface area (Å²) in [6.07, 6.45) is -2.88. The zero-order valence-corrected chi connectivity index (χ0v) is 40.5. The average molecular weight is 1050 g/mol. The molecule has 1 aliphatic heterocycles. The number of nitrogens with two attached hydrogens (primary N) is 1. The summed E-state index contributed by atoms with van der Waals surface area (Å²) in [6.45, 7) is 6.46. The Kier molecular flexibility index (Phi) is 22.6. The second-order valence-corrected chi connectivity index (χ2v) is 19.2. The largest absolute Gasteiger partial charge is 0.490 e. The summed E-state index contributed by atoms with van der Waals surface area (Å²) >= 11 is 0. The summed E-state index contributed by atoms with van der Waals surface area (Å²) in [5.74, 6) is -2.28. The molecule has 0 radical (unpaired) electrons. The molecule has 32 heteroatoms. The minimum absolute atomic E-state index is 0.0185. The summed E-state index contributed by atoms with van der Waals surface area (Å²) in [7, 11) is -17.4. The number of nitrogen functional groups attached to an aromatic ring is 1. The summed E-state index contributed by atoms with van der Waals surface area (Å²) < 4.78 is 88.0. The van der Waals surface area contributed by atoms with Gasteiger partial charge in [-0.2, -0.15) is 13.6 Å². The van der Waals surface area contributed by atoms with Crippen molar-refractivity contribution in [2.45, 2.75) is 77.3 Å². The van der Waals surface area contributed by atoms with Crippen molar-refractivity contribution in [1.82, 2.24) is 9.55 Å². The molecule has 3 aromatic rings. The number of aromatic nitrogens is 2. The van der Waals surface area contributed by atoms with E-state index in [0.29, 0.717) is 50.8 Å². The third-order valence-corrected chi connectivity index (χ3v) is 13.4. The quantitative estimate of drug-likeness (QED) is 0.0132. The van der Waals surface area contributed by atoms with Gasteiger partial charge < -0.3 is 58.5 Å². The van der Waals surface area contributed by atoms with Crippen LogP contribution in [-0.2, 0) is 73.2 Å². The Morgan fingerprint density at radius 2 is 1.44 bits per heavy atom. The van der Waals surface area contributed by atoms with Crippen molar-refractivity contribution >= 4 is 41.2 Å². The minimum Gasteiger partial charge on any atom is -0.457 e. The third-order valence-electron chi connectivity index (χ3n) is 9.59. The zero-order chi connectivity index (χ0) is 51.5. The Morgan fingerprint density at radius 1 is 0.843 bits per heavy atom. The predicted molar refractivity (Wildman–Crippen MR) is 240 cm³/mol. The fourth-order valence-electron chi connectivity index (χ4n) is 6.43. The van der Waals surface area contributed by atoms with Gasteiger partial charge in [-0.25, -0.2) is 28.1 Å². The standard InChI is InChI=1S/C38H52N9O20P3/c1-4-11-58-12-13-59-14-15-60-16-17-61-21-26-9-10-30(31(18-26)25(3)44-46-41)36(48)62-22-27-20-47(38(50)42-35(27)39)34-19-32(65-37(49)29-8-6-5-7-28(29)24(2)43-45-40)33(64-34)23-63-69(54,55)67-70(56,57)66-68(51,52)53/h5-10,18,20,24-25,32-34H,4,11-17,19,21-23H2,1-3H3,(H,54,55)(H,56,57)(H2,39,42,50)(H2,51,52,53)/t24?,25?,32?,33-,34-/m1/s1.